The Morgan fingerprint density at radius 3 is 2.94 bits per heavy atom. The molecule has 0 aromatic carbocycles. The van der Waals surface area contributed by atoms with Gasteiger partial charge in [-0.1, -0.05) is 5.21 Å². The Labute approximate surface area is 95.0 Å². The second-order valence-corrected chi connectivity index (χ2v) is 3.59. The van der Waals surface area contributed by atoms with Gasteiger partial charge < -0.3 is 11.5 Å². The average Bonchev–Trinajstić information content (AvgIpc) is 2.65. The van der Waals surface area contributed by atoms with E-state index in [1.54, 1.807) is 7.05 Å². The third kappa shape index (κ3) is 1.87. The molecule has 0 aliphatic heterocycles. The molecule has 1 unspecified atom stereocenters. The van der Waals surface area contributed by atoms with Crippen molar-refractivity contribution in [2.45, 2.75) is 12.6 Å². The van der Waals surface area contributed by atoms with Crippen LogP contribution < -0.4 is 17.0 Å². The normalized spacial score (nSPS) is 12.8. The van der Waals surface area contributed by atoms with Gasteiger partial charge in [0.15, 0.2) is 5.65 Å². The minimum absolute atomic E-state index is 0.105. The van der Waals surface area contributed by atoms with Crippen molar-refractivity contribution in [3.8, 4) is 0 Å². The number of rotatable bonds is 3. The number of aromatic nitrogens is 5. The van der Waals surface area contributed by atoms with Crippen molar-refractivity contribution < 1.29 is 4.79 Å². The third-order valence-electron chi connectivity index (χ3n) is 2.35. The zero-order valence-electron chi connectivity index (χ0n) is 9.07. The molecule has 0 saturated carbocycles. The van der Waals surface area contributed by atoms with Crippen LogP contribution in [0.5, 0.6) is 0 Å². The number of fused-ring (bicyclic) bond motifs is 1. The van der Waals surface area contributed by atoms with Crippen molar-refractivity contribution in [2.75, 3.05) is 0 Å². The molecule has 0 saturated heterocycles. The van der Waals surface area contributed by atoms with E-state index in [-0.39, 0.29) is 6.54 Å². The summed E-state index contributed by atoms with van der Waals surface area (Å²) in [6.45, 7) is -0.105. The summed E-state index contributed by atoms with van der Waals surface area (Å²) in [5.74, 6) is -0.704. The highest BCUT2D eigenvalue weighted by atomic mass is 16.1. The Morgan fingerprint density at radius 1 is 1.59 bits per heavy atom. The summed E-state index contributed by atoms with van der Waals surface area (Å²) in [5.41, 5.74) is 10.4. The van der Waals surface area contributed by atoms with Gasteiger partial charge in [0.05, 0.1) is 12.7 Å². The molecule has 2 aromatic rings. The van der Waals surface area contributed by atoms with Crippen molar-refractivity contribution in [3.05, 3.63) is 16.6 Å². The van der Waals surface area contributed by atoms with Crippen LogP contribution in [0.3, 0.4) is 0 Å². The fraction of sp³-hybridized carbons (Fsp3) is 0.375. The number of primary amides is 1. The molecular formula is C8H11N7O2. The summed E-state index contributed by atoms with van der Waals surface area (Å²) in [5, 5.41) is 11.7. The molecule has 17 heavy (non-hydrogen) atoms. The highest BCUT2D eigenvalue weighted by Gasteiger charge is 2.14. The molecular weight excluding hydrogens is 226 g/mol. The van der Waals surface area contributed by atoms with Gasteiger partial charge in [-0.05, 0) is 0 Å². The largest absolute Gasteiger partial charge is 0.368 e. The number of nitrogens with two attached hydrogens (primary N) is 2. The van der Waals surface area contributed by atoms with Gasteiger partial charge in [0.25, 0.3) is 5.56 Å². The van der Waals surface area contributed by atoms with Crippen molar-refractivity contribution in [3.63, 3.8) is 0 Å². The standard InChI is InChI=1S/C8H11N7O2/c1-14-7-4(2-11-14)8(17)15(13-12-7)3-5(9)6(10)16/h2,5H,3,9H2,1H3,(H2,10,16). The number of carbonyl (C=O) groups is 1. The molecule has 0 bridgehead atoms. The van der Waals surface area contributed by atoms with Crippen LogP contribution in [0.25, 0.3) is 11.0 Å². The quantitative estimate of drug-likeness (QED) is 0.598. The second-order valence-electron chi connectivity index (χ2n) is 3.59. The first-order chi connectivity index (χ1) is 8.00. The molecule has 2 rings (SSSR count). The monoisotopic (exact) mass is 237 g/mol. The fourth-order valence-corrected chi connectivity index (χ4v) is 1.37. The molecule has 9 heteroatoms. The van der Waals surface area contributed by atoms with E-state index < -0.39 is 17.5 Å². The van der Waals surface area contributed by atoms with Crippen LogP contribution in [0.15, 0.2) is 11.0 Å². The van der Waals surface area contributed by atoms with Gasteiger partial charge >= 0.3 is 0 Å². The third-order valence-corrected chi connectivity index (χ3v) is 2.35. The predicted molar refractivity (Wildman–Crippen MR) is 57.7 cm³/mol. The van der Waals surface area contributed by atoms with Gasteiger partial charge in [0, 0.05) is 7.05 Å². The van der Waals surface area contributed by atoms with Crippen molar-refractivity contribution in [2.24, 2.45) is 18.5 Å². The molecule has 4 N–H and O–H groups in total. The summed E-state index contributed by atoms with van der Waals surface area (Å²) in [4.78, 5) is 22.7. The van der Waals surface area contributed by atoms with Crippen LogP contribution in [0.4, 0.5) is 0 Å². The summed E-state index contributed by atoms with van der Waals surface area (Å²) in [6.07, 6.45) is 1.39. The van der Waals surface area contributed by atoms with E-state index in [1.165, 1.54) is 10.9 Å². The first-order valence-electron chi connectivity index (χ1n) is 4.81. The zero-order chi connectivity index (χ0) is 12.6. The van der Waals surface area contributed by atoms with E-state index in [1.807, 2.05) is 0 Å². The smallest absolute Gasteiger partial charge is 0.280 e. The lowest BCUT2D eigenvalue weighted by atomic mass is 10.3. The van der Waals surface area contributed by atoms with Crippen molar-refractivity contribution in [1.29, 1.82) is 0 Å². The van der Waals surface area contributed by atoms with Crippen LogP contribution in [0.2, 0.25) is 0 Å². The maximum absolute atomic E-state index is 11.9. The highest BCUT2D eigenvalue weighted by Crippen LogP contribution is 2.01. The second kappa shape index (κ2) is 3.94. The molecule has 0 aliphatic rings. The summed E-state index contributed by atoms with van der Waals surface area (Å²) in [6, 6.07) is -0.976. The van der Waals surface area contributed by atoms with E-state index in [0.717, 1.165) is 4.68 Å². The molecule has 0 aliphatic carbocycles. The number of aryl methyl sites for hydroxylation is 1. The van der Waals surface area contributed by atoms with E-state index in [9.17, 15) is 9.59 Å². The summed E-state index contributed by atoms with van der Waals surface area (Å²) < 4.78 is 2.43. The summed E-state index contributed by atoms with van der Waals surface area (Å²) >= 11 is 0. The number of nitrogens with zero attached hydrogens (tertiary/aromatic N) is 5. The maximum atomic E-state index is 11.9. The molecule has 9 nitrogen and oxygen atoms in total. The van der Waals surface area contributed by atoms with E-state index >= 15 is 0 Å². The van der Waals surface area contributed by atoms with Crippen molar-refractivity contribution >= 4 is 16.9 Å². The molecule has 0 radical (unpaired) electrons. The van der Waals surface area contributed by atoms with Gasteiger partial charge in [0.1, 0.15) is 11.4 Å². The number of hydrogen-bond donors (Lipinski definition) is 2. The minimum Gasteiger partial charge on any atom is -0.368 e. The Kier molecular flexibility index (Phi) is 2.60. The van der Waals surface area contributed by atoms with E-state index in [2.05, 4.69) is 15.4 Å². The Morgan fingerprint density at radius 2 is 2.29 bits per heavy atom. The fourth-order valence-electron chi connectivity index (χ4n) is 1.37. The predicted octanol–water partition coefficient (Wildman–Crippen LogP) is -2.66. The average molecular weight is 237 g/mol. The zero-order valence-corrected chi connectivity index (χ0v) is 9.07. The van der Waals surface area contributed by atoms with Crippen LogP contribution in [-0.2, 0) is 18.4 Å². The Bertz CT molecular complexity index is 628. The SMILES string of the molecule is Cn1ncc2c(=O)n(CC(N)C(N)=O)nnc21. The van der Waals surface area contributed by atoms with E-state index in [4.69, 9.17) is 11.5 Å². The topological polar surface area (TPSA) is 135 Å². The molecule has 2 heterocycles. The Hall–Kier alpha value is -2.29. The van der Waals surface area contributed by atoms with Gasteiger partial charge in [-0.15, -0.1) is 5.10 Å². The molecule has 2 aromatic heterocycles. The van der Waals surface area contributed by atoms with Crippen LogP contribution in [0.1, 0.15) is 0 Å². The van der Waals surface area contributed by atoms with Gasteiger partial charge in [-0.25, -0.2) is 9.36 Å². The first kappa shape index (κ1) is 11.2. The molecule has 1 atom stereocenters. The lowest BCUT2D eigenvalue weighted by Crippen LogP contribution is -2.43. The minimum atomic E-state index is -0.976. The number of hydrogen-bond acceptors (Lipinski definition) is 6. The van der Waals surface area contributed by atoms with Crippen LogP contribution in [-0.4, -0.2) is 36.7 Å². The van der Waals surface area contributed by atoms with Crippen LogP contribution >= 0.6 is 0 Å². The lowest BCUT2D eigenvalue weighted by molar-refractivity contribution is -0.119. The summed E-state index contributed by atoms with van der Waals surface area (Å²) in [7, 11) is 1.65. The van der Waals surface area contributed by atoms with Gasteiger partial charge in [0.2, 0.25) is 5.91 Å². The van der Waals surface area contributed by atoms with Crippen molar-refractivity contribution in [1.82, 2.24) is 24.8 Å². The Balaban J connectivity index is 2.46. The molecule has 0 fully saturated rings. The van der Waals surface area contributed by atoms with Gasteiger partial charge in [-0.2, -0.15) is 5.10 Å². The molecule has 90 valence electrons. The first-order valence-corrected chi connectivity index (χ1v) is 4.81. The molecule has 1 amide bonds. The number of carbonyl (C=O) groups excluding carboxylic acids is 1. The highest BCUT2D eigenvalue weighted by molar-refractivity contribution is 5.79. The number of amides is 1. The van der Waals surface area contributed by atoms with Crippen LogP contribution in [0, 0.1) is 0 Å². The van der Waals surface area contributed by atoms with Gasteiger partial charge in [-0.3, -0.25) is 9.59 Å². The molecule has 0 spiro atoms. The lowest BCUT2D eigenvalue weighted by Gasteiger charge is -2.07. The maximum Gasteiger partial charge on any atom is 0.280 e. The van der Waals surface area contributed by atoms with E-state index in [0.29, 0.717) is 11.0 Å².